The Kier molecular flexibility index (Phi) is 5.19. The van der Waals surface area contributed by atoms with Gasteiger partial charge in [0.2, 0.25) is 11.8 Å². The molecule has 0 spiro atoms. The van der Waals surface area contributed by atoms with E-state index in [4.69, 9.17) is 4.74 Å². The molecule has 1 aliphatic carbocycles. The van der Waals surface area contributed by atoms with Crippen molar-refractivity contribution in [2.24, 2.45) is 5.92 Å². The standard InChI is InChI=1S/C14H24N2O3/c1-19-8-7-16-10-13(17)15-12(14(16)18)9-11-5-3-2-4-6-11/h11-12H,2-10H2,1H3,(H,15,17)/t12-/m0/s1. The number of carbonyl (C=O) groups is 2. The van der Waals surface area contributed by atoms with Crippen LogP contribution in [0.2, 0.25) is 0 Å². The summed E-state index contributed by atoms with van der Waals surface area (Å²) in [7, 11) is 1.61. The highest BCUT2D eigenvalue weighted by Crippen LogP contribution is 2.28. The molecule has 0 aromatic heterocycles. The number of ether oxygens (including phenoxy) is 1. The zero-order valence-electron chi connectivity index (χ0n) is 11.7. The minimum Gasteiger partial charge on any atom is -0.383 e. The molecule has 5 nitrogen and oxygen atoms in total. The Morgan fingerprint density at radius 2 is 2.00 bits per heavy atom. The molecule has 1 atom stereocenters. The number of piperazine rings is 1. The largest absolute Gasteiger partial charge is 0.383 e. The van der Waals surface area contributed by atoms with Gasteiger partial charge in [0, 0.05) is 13.7 Å². The zero-order chi connectivity index (χ0) is 13.7. The Bertz CT molecular complexity index is 327. The topological polar surface area (TPSA) is 58.6 Å². The normalized spacial score (nSPS) is 25.5. The summed E-state index contributed by atoms with van der Waals surface area (Å²) in [5.41, 5.74) is 0. The molecule has 108 valence electrons. The van der Waals surface area contributed by atoms with Crippen molar-refractivity contribution in [2.75, 3.05) is 26.8 Å². The Morgan fingerprint density at radius 3 is 2.68 bits per heavy atom. The molecule has 2 amide bonds. The third kappa shape index (κ3) is 3.93. The molecule has 1 saturated heterocycles. The number of carbonyl (C=O) groups excluding carboxylic acids is 2. The number of methoxy groups -OCH3 is 1. The van der Waals surface area contributed by atoms with Gasteiger partial charge in [0.25, 0.3) is 0 Å². The van der Waals surface area contributed by atoms with Crippen LogP contribution in [0.1, 0.15) is 38.5 Å². The Balaban J connectivity index is 1.90. The minimum atomic E-state index is -0.318. The first-order valence-electron chi connectivity index (χ1n) is 7.28. The van der Waals surface area contributed by atoms with E-state index in [0.29, 0.717) is 19.1 Å². The summed E-state index contributed by atoms with van der Waals surface area (Å²) < 4.78 is 4.99. The first kappa shape index (κ1) is 14.3. The summed E-state index contributed by atoms with van der Waals surface area (Å²) >= 11 is 0. The van der Waals surface area contributed by atoms with E-state index < -0.39 is 0 Å². The molecule has 19 heavy (non-hydrogen) atoms. The van der Waals surface area contributed by atoms with E-state index in [9.17, 15) is 9.59 Å². The Hall–Kier alpha value is -1.10. The lowest BCUT2D eigenvalue weighted by atomic mass is 9.84. The highest BCUT2D eigenvalue weighted by molar-refractivity contribution is 5.94. The summed E-state index contributed by atoms with van der Waals surface area (Å²) in [5, 5.41) is 2.85. The lowest BCUT2D eigenvalue weighted by molar-refractivity contribution is -0.145. The SMILES string of the molecule is COCCN1CC(=O)N[C@@H](CC2CCCCC2)C1=O. The molecule has 0 aromatic carbocycles. The maximum Gasteiger partial charge on any atom is 0.245 e. The summed E-state index contributed by atoms with van der Waals surface area (Å²) in [6.45, 7) is 1.16. The van der Waals surface area contributed by atoms with E-state index in [1.165, 1.54) is 32.1 Å². The van der Waals surface area contributed by atoms with Crippen molar-refractivity contribution >= 4 is 11.8 Å². The number of nitrogens with zero attached hydrogens (tertiary/aromatic N) is 1. The van der Waals surface area contributed by atoms with Gasteiger partial charge in [-0.2, -0.15) is 0 Å². The van der Waals surface area contributed by atoms with Gasteiger partial charge in [-0.3, -0.25) is 9.59 Å². The van der Waals surface area contributed by atoms with Crippen molar-refractivity contribution in [1.29, 1.82) is 0 Å². The van der Waals surface area contributed by atoms with E-state index in [1.807, 2.05) is 0 Å². The second kappa shape index (κ2) is 6.89. The van der Waals surface area contributed by atoms with E-state index in [1.54, 1.807) is 12.0 Å². The van der Waals surface area contributed by atoms with Crippen LogP contribution in [0.15, 0.2) is 0 Å². The number of rotatable bonds is 5. The molecule has 1 heterocycles. The van der Waals surface area contributed by atoms with Crippen LogP contribution in [0.25, 0.3) is 0 Å². The molecule has 0 aromatic rings. The van der Waals surface area contributed by atoms with Gasteiger partial charge in [0.05, 0.1) is 13.2 Å². The second-order valence-corrected chi connectivity index (χ2v) is 5.61. The van der Waals surface area contributed by atoms with Gasteiger partial charge in [-0.05, 0) is 12.3 Å². The molecular weight excluding hydrogens is 244 g/mol. The van der Waals surface area contributed by atoms with Crippen LogP contribution in [-0.2, 0) is 14.3 Å². The number of amides is 2. The van der Waals surface area contributed by atoms with Crippen LogP contribution in [0.3, 0.4) is 0 Å². The van der Waals surface area contributed by atoms with Crippen LogP contribution >= 0.6 is 0 Å². The predicted molar refractivity (Wildman–Crippen MR) is 71.6 cm³/mol. The van der Waals surface area contributed by atoms with Gasteiger partial charge in [-0.1, -0.05) is 32.1 Å². The smallest absolute Gasteiger partial charge is 0.245 e. The van der Waals surface area contributed by atoms with Crippen LogP contribution in [0.4, 0.5) is 0 Å². The third-order valence-electron chi connectivity index (χ3n) is 4.14. The van der Waals surface area contributed by atoms with E-state index in [2.05, 4.69) is 5.32 Å². The van der Waals surface area contributed by atoms with Gasteiger partial charge in [0.1, 0.15) is 6.04 Å². The van der Waals surface area contributed by atoms with Crippen LogP contribution in [0.5, 0.6) is 0 Å². The van der Waals surface area contributed by atoms with Gasteiger partial charge >= 0.3 is 0 Å². The van der Waals surface area contributed by atoms with Gasteiger partial charge < -0.3 is 15.0 Å². The zero-order valence-corrected chi connectivity index (χ0v) is 11.7. The molecule has 2 fully saturated rings. The fourth-order valence-corrected chi connectivity index (χ4v) is 3.08. The number of hydrogen-bond donors (Lipinski definition) is 1. The lowest BCUT2D eigenvalue weighted by Crippen LogP contribution is -2.59. The Labute approximate surface area is 114 Å². The molecule has 0 bridgehead atoms. The molecule has 0 unspecified atom stereocenters. The summed E-state index contributed by atoms with van der Waals surface area (Å²) in [6.07, 6.45) is 7.00. The van der Waals surface area contributed by atoms with Crippen molar-refractivity contribution in [1.82, 2.24) is 10.2 Å². The van der Waals surface area contributed by atoms with Crippen LogP contribution in [-0.4, -0.2) is 49.6 Å². The first-order chi connectivity index (χ1) is 9.20. The fraction of sp³-hybridized carbons (Fsp3) is 0.857. The molecule has 2 rings (SSSR count). The molecular formula is C14H24N2O3. The minimum absolute atomic E-state index is 0.0449. The monoisotopic (exact) mass is 268 g/mol. The first-order valence-corrected chi connectivity index (χ1v) is 7.28. The maximum atomic E-state index is 12.3. The highest BCUT2D eigenvalue weighted by atomic mass is 16.5. The molecule has 1 N–H and O–H groups in total. The predicted octanol–water partition coefficient (Wildman–Crippen LogP) is 0.930. The summed E-state index contributed by atoms with van der Waals surface area (Å²) in [5.74, 6) is 0.601. The highest BCUT2D eigenvalue weighted by Gasteiger charge is 2.34. The quantitative estimate of drug-likeness (QED) is 0.807. The summed E-state index contributed by atoms with van der Waals surface area (Å²) in [6, 6.07) is -0.318. The van der Waals surface area contributed by atoms with Crippen molar-refractivity contribution in [3.05, 3.63) is 0 Å². The van der Waals surface area contributed by atoms with E-state index in [0.717, 1.165) is 6.42 Å². The van der Waals surface area contributed by atoms with Crippen molar-refractivity contribution in [2.45, 2.75) is 44.6 Å². The number of nitrogens with one attached hydrogen (secondary N) is 1. The van der Waals surface area contributed by atoms with Crippen molar-refractivity contribution in [3.63, 3.8) is 0 Å². The van der Waals surface area contributed by atoms with E-state index >= 15 is 0 Å². The molecule has 0 radical (unpaired) electrons. The van der Waals surface area contributed by atoms with Crippen molar-refractivity contribution in [3.8, 4) is 0 Å². The summed E-state index contributed by atoms with van der Waals surface area (Å²) in [4.78, 5) is 25.6. The van der Waals surface area contributed by atoms with Crippen molar-refractivity contribution < 1.29 is 14.3 Å². The third-order valence-corrected chi connectivity index (χ3v) is 4.14. The average molecular weight is 268 g/mol. The molecule has 1 saturated carbocycles. The molecule has 1 aliphatic heterocycles. The fourth-order valence-electron chi connectivity index (χ4n) is 3.08. The van der Waals surface area contributed by atoms with Gasteiger partial charge in [-0.15, -0.1) is 0 Å². The average Bonchev–Trinajstić information content (AvgIpc) is 2.42. The van der Waals surface area contributed by atoms with E-state index in [-0.39, 0.29) is 24.4 Å². The van der Waals surface area contributed by atoms with Crippen LogP contribution in [0, 0.1) is 5.92 Å². The van der Waals surface area contributed by atoms with Gasteiger partial charge in [0.15, 0.2) is 0 Å². The van der Waals surface area contributed by atoms with Crippen LogP contribution < -0.4 is 5.32 Å². The lowest BCUT2D eigenvalue weighted by Gasteiger charge is -2.34. The number of hydrogen-bond acceptors (Lipinski definition) is 3. The van der Waals surface area contributed by atoms with Gasteiger partial charge in [-0.25, -0.2) is 0 Å². The second-order valence-electron chi connectivity index (χ2n) is 5.61. The molecule has 2 aliphatic rings. The molecule has 5 heteroatoms. The Morgan fingerprint density at radius 1 is 1.26 bits per heavy atom. The maximum absolute atomic E-state index is 12.3.